The molecule has 0 saturated carbocycles. The van der Waals surface area contributed by atoms with Crippen molar-refractivity contribution in [3.05, 3.63) is 153 Å². The van der Waals surface area contributed by atoms with Crippen molar-refractivity contribution in [1.82, 2.24) is 0 Å². The highest BCUT2D eigenvalue weighted by molar-refractivity contribution is 6.32. The van der Waals surface area contributed by atoms with E-state index in [-0.39, 0.29) is 38.4 Å². The van der Waals surface area contributed by atoms with E-state index < -0.39 is 17.8 Å². The summed E-state index contributed by atoms with van der Waals surface area (Å²) in [7, 11) is 0. The molecule has 2 aliphatic rings. The minimum atomic E-state index is -0.994. The van der Waals surface area contributed by atoms with Crippen molar-refractivity contribution >= 4 is 57.9 Å². The maximum absolute atomic E-state index is 14.3. The number of carboxylic acids is 2. The Balaban J connectivity index is 0.000000191. The number of fused-ring (bicyclic) bond motifs is 2. The molecule has 0 spiro atoms. The standard InChI is InChI=1S/C19H16ClFN2O2.C18H14ClFN2O2/c1-12-11-22-19(14-4-2-3-5-16(14)21)15-10-13(20)6-7-17(15)23(12)9-8-18(24)25;1-11-9-21-18(13-4-2-3-5-15(13)20)14-8-12(19)6-7-16(14)22(11)10-17(23)24/h2-7,10H,1,8-9,11H2,(H,24,25);2-8H,1,9-10H2,(H,23,24). The Hall–Kier alpha value is -5.32. The molecule has 4 aromatic carbocycles. The number of carboxylic acid groups (broad SMARTS) is 2. The Morgan fingerprint density at radius 2 is 1.12 bits per heavy atom. The van der Waals surface area contributed by atoms with Crippen molar-refractivity contribution in [2.75, 3.05) is 36.0 Å². The van der Waals surface area contributed by atoms with E-state index in [1.165, 1.54) is 12.1 Å². The molecule has 0 atom stereocenters. The van der Waals surface area contributed by atoms with E-state index in [0.29, 0.717) is 60.8 Å². The first kappa shape index (κ1) is 35.0. The topological polar surface area (TPSA) is 106 Å². The zero-order chi connectivity index (χ0) is 35.2. The summed E-state index contributed by atoms with van der Waals surface area (Å²) in [4.78, 5) is 34.5. The zero-order valence-electron chi connectivity index (χ0n) is 26.0. The van der Waals surface area contributed by atoms with Gasteiger partial charge in [0, 0.05) is 50.2 Å². The lowest BCUT2D eigenvalue weighted by Crippen LogP contribution is -2.29. The molecule has 49 heavy (non-hydrogen) atoms. The summed E-state index contributed by atoms with van der Waals surface area (Å²) in [6, 6.07) is 23.0. The van der Waals surface area contributed by atoms with E-state index in [0.717, 1.165) is 5.69 Å². The molecule has 8 nitrogen and oxygen atoms in total. The van der Waals surface area contributed by atoms with Crippen LogP contribution < -0.4 is 9.80 Å². The second kappa shape index (κ2) is 15.3. The fraction of sp³-hybridized carbons (Fsp3) is 0.135. The van der Waals surface area contributed by atoms with Crippen LogP contribution >= 0.6 is 23.2 Å². The van der Waals surface area contributed by atoms with Gasteiger partial charge in [-0.15, -0.1) is 0 Å². The summed E-state index contributed by atoms with van der Waals surface area (Å²) in [6.45, 7) is 8.33. The number of nitrogens with zero attached hydrogens (tertiary/aromatic N) is 4. The third kappa shape index (κ3) is 8.05. The first-order valence-corrected chi connectivity index (χ1v) is 15.7. The molecule has 2 N–H and O–H groups in total. The first-order chi connectivity index (χ1) is 23.4. The molecule has 12 heteroatoms. The second-order valence-electron chi connectivity index (χ2n) is 11.0. The van der Waals surface area contributed by atoms with Crippen LogP contribution in [-0.2, 0) is 9.59 Å². The number of hydrogen-bond acceptors (Lipinski definition) is 6. The Morgan fingerprint density at radius 3 is 1.57 bits per heavy atom. The van der Waals surface area contributed by atoms with E-state index >= 15 is 0 Å². The summed E-state index contributed by atoms with van der Waals surface area (Å²) in [5.41, 5.74) is 5.33. The summed E-state index contributed by atoms with van der Waals surface area (Å²) >= 11 is 12.3. The summed E-state index contributed by atoms with van der Waals surface area (Å²) in [5.74, 6) is -2.68. The van der Waals surface area contributed by atoms with E-state index in [1.54, 1.807) is 82.6 Å². The molecular weight excluding hydrogens is 673 g/mol. The lowest BCUT2D eigenvalue weighted by Gasteiger charge is -2.26. The molecule has 0 amide bonds. The fourth-order valence-electron chi connectivity index (χ4n) is 5.47. The molecule has 250 valence electrons. The average Bonchev–Trinajstić information content (AvgIpc) is 3.27. The highest BCUT2D eigenvalue weighted by Crippen LogP contribution is 2.34. The molecule has 0 fully saturated rings. The van der Waals surface area contributed by atoms with Crippen LogP contribution in [0.2, 0.25) is 10.0 Å². The van der Waals surface area contributed by atoms with Gasteiger partial charge in [-0.25, -0.2) is 8.78 Å². The van der Waals surface area contributed by atoms with Gasteiger partial charge in [0.15, 0.2) is 0 Å². The summed E-state index contributed by atoms with van der Waals surface area (Å²) < 4.78 is 28.6. The SMILES string of the molecule is C=C1CN=C(c2ccccc2F)c2cc(Cl)ccc2N1CC(=O)O.C=C1CN=C(c2ccccc2F)c2cc(Cl)ccc2N1CCC(=O)O. The third-order valence-electron chi connectivity index (χ3n) is 7.71. The Labute approximate surface area is 291 Å². The number of rotatable bonds is 7. The van der Waals surface area contributed by atoms with E-state index in [2.05, 4.69) is 23.1 Å². The summed E-state index contributed by atoms with van der Waals surface area (Å²) in [6.07, 6.45) is -0.0455. The highest BCUT2D eigenvalue weighted by atomic mass is 35.5. The van der Waals surface area contributed by atoms with Gasteiger partial charge in [-0.2, -0.15) is 0 Å². The van der Waals surface area contributed by atoms with E-state index in [9.17, 15) is 23.5 Å². The van der Waals surface area contributed by atoms with Gasteiger partial charge in [0.1, 0.15) is 18.2 Å². The Bertz CT molecular complexity index is 2030. The predicted octanol–water partition coefficient (Wildman–Crippen LogP) is 7.86. The number of halogens is 4. The fourth-order valence-corrected chi connectivity index (χ4v) is 5.82. The van der Waals surface area contributed by atoms with Gasteiger partial charge < -0.3 is 20.0 Å². The van der Waals surface area contributed by atoms with Crippen LogP contribution in [0.4, 0.5) is 20.2 Å². The number of aliphatic imine (C=N–C) groups is 2. The number of benzene rings is 4. The molecule has 0 aromatic heterocycles. The van der Waals surface area contributed by atoms with Gasteiger partial charge >= 0.3 is 11.9 Å². The van der Waals surface area contributed by atoms with Gasteiger partial charge in [0.25, 0.3) is 0 Å². The molecule has 0 unspecified atom stereocenters. The van der Waals surface area contributed by atoms with Crippen LogP contribution in [0, 0.1) is 11.6 Å². The van der Waals surface area contributed by atoms with Gasteiger partial charge in [-0.05, 0) is 60.7 Å². The van der Waals surface area contributed by atoms with Crippen LogP contribution in [0.3, 0.4) is 0 Å². The maximum atomic E-state index is 14.3. The van der Waals surface area contributed by atoms with Crippen molar-refractivity contribution in [1.29, 1.82) is 0 Å². The Kier molecular flexibility index (Phi) is 10.9. The number of anilines is 2. The van der Waals surface area contributed by atoms with Gasteiger partial charge in [0.2, 0.25) is 0 Å². The normalized spacial score (nSPS) is 14.0. The smallest absolute Gasteiger partial charge is 0.323 e. The number of aliphatic carboxylic acids is 2. The first-order valence-electron chi connectivity index (χ1n) is 15.0. The summed E-state index contributed by atoms with van der Waals surface area (Å²) in [5, 5.41) is 19.1. The van der Waals surface area contributed by atoms with E-state index in [4.69, 9.17) is 28.3 Å². The minimum Gasteiger partial charge on any atom is -0.481 e. The van der Waals surface area contributed by atoms with Crippen LogP contribution in [0.15, 0.2) is 119 Å². The van der Waals surface area contributed by atoms with Crippen molar-refractivity contribution in [3.8, 4) is 0 Å². The molecule has 2 heterocycles. The van der Waals surface area contributed by atoms with Crippen molar-refractivity contribution in [3.63, 3.8) is 0 Å². The lowest BCUT2D eigenvalue weighted by molar-refractivity contribution is -0.137. The molecule has 0 bridgehead atoms. The second-order valence-corrected chi connectivity index (χ2v) is 11.9. The average molecular weight is 704 g/mol. The molecule has 2 aliphatic heterocycles. The monoisotopic (exact) mass is 702 g/mol. The quantitative estimate of drug-likeness (QED) is 0.203. The zero-order valence-corrected chi connectivity index (χ0v) is 27.6. The van der Waals surface area contributed by atoms with Crippen molar-refractivity contribution in [2.45, 2.75) is 6.42 Å². The van der Waals surface area contributed by atoms with Gasteiger partial charge in [0.05, 0.1) is 42.3 Å². The van der Waals surface area contributed by atoms with Crippen LogP contribution in [0.25, 0.3) is 0 Å². The van der Waals surface area contributed by atoms with E-state index in [1.807, 2.05) is 0 Å². The highest BCUT2D eigenvalue weighted by Gasteiger charge is 2.26. The van der Waals surface area contributed by atoms with Crippen molar-refractivity contribution < 1.29 is 28.6 Å². The number of benzodiazepines with no additional fused rings is 2. The molecule has 6 rings (SSSR count). The minimum absolute atomic E-state index is 0.0455. The van der Waals surface area contributed by atoms with Gasteiger partial charge in [-0.3, -0.25) is 19.6 Å². The third-order valence-corrected chi connectivity index (χ3v) is 8.18. The van der Waals surface area contributed by atoms with Crippen LogP contribution in [0.5, 0.6) is 0 Å². The maximum Gasteiger partial charge on any atom is 0.323 e. The molecular formula is C37H30Cl2F2N4O4. The predicted molar refractivity (Wildman–Crippen MR) is 190 cm³/mol. The molecule has 0 aliphatic carbocycles. The lowest BCUT2D eigenvalue weighted by atomic mass is 9.99. The van der Waals surface area contributed by atoms with Gasteiger partial charge in [-0.1, -0.05) is 60.6 Å². The van der Waals surface area contributed by atoms with Crippen LogP contribution in [-0.4, -0.2) is 59.8 Å². The number of hydrogen-bond donors (Lipinski definition) is 2. The molecule has 4 aromatic rings. The molecule has 0 saturated heterocycles. The van der Waals surface area contributed by atoms with Crippen molar-refractivity contribution in [2.24, 2.45) is 9.98 Å². The molecule has 0 radical (unpaired) electrons. The largest absolute Gasteiger partial charge is 0.481 e. The number of carbonyl (C=O) groups is 2. The Morgan fingerprint density at radius 1 is 0.673 bits per heavy atom. The van der Waals surface area contributed by atoms with Crippen LogP contribution in [0.1, 0.15) is 28.7 Å².